The average Bonchev–Trinajstić information content (AvgIpc) is 3.04. The van der Waals surface area contributed by atoms with Gasteiger partial charge < -0.3 is 14.8 Å². The van der Waals surface area contributed by atoms with Gasteiger partial charge in [0.2, 0.25) is 6.79 Å². The number of para-hydroxylation sites is 1. The van der Waals surface area contributed by atoms with Crippen LogP contribution in [-0.4, -0.2) is 11.8 Å². The van der Waals surface area contributed by atoms with Gasteiger partial charge in [-0.05, 0) is 31.7 Å². The van der Waals surface area contributed by atoms with Gasteiger partial charge in [-0.25, -0.2) is 4.98 Å². The minimum atomic E-state index is 0.323. The van der Waals surface area contributed by atoms with E-state index in [1.807, 2.05) is 12.1 Å². The predicted octanol–water partition coefficient (Wildman–Crippen LogP) is 3.42. The standard InChI is InChI=1S/C16H18N2O2S/c1-10-8-21-16(18-10)14(11-5-6-11)17-7-12-3-2-4-13-15(12)20-9-19-13/h2-4,8,11,14,17H,5-7,9H2,1H3/t14-/m1/s1. The summed E-state index contributed by atoms with van der Waals surface area (Å²) in [5.74, 6) is 2.46. The number of thiazole rings is 1. The highest BCUT2D eigenvalue weighted by molar-refractivity contribution is 7.09. The molecule has 110 valence electrons. The Labute approximate surface area is 128 Å². The number of hydrogen-bond donors (Lipinski definition) is 1. The van der Waals surface area contributed by atoms with Crippen LogP contribution in [0.3, 0.4) is 0 Å². The van der Waals surface area contributed by atoms with Gasteiger partial charge in [-0.1, -0.05) is 12.1 Å². The molecule has 0 amide bonds. The lowest BCUT2D eigenvalue weighted by molar-refractivity contribution is 0.173. The first-order valence-corrected chi connectivity index (χ1v) is 8.22. The fourth-order valence-corrected chi connectivity index (χ4v) is 3.71. The monoisotopic (exact) mass is 302 g/mol. The van der Waals surface area contributed by atoms with Crippen LogP contribution in [0.4, 0.5) is 0 Å². The lowest BCUT2D eigenvalue weighted by Gasteiger charge is -2.16. The van der Waals surface area contributed by atoms with Crippen molar-refractivity contribution in [2.75, 3.05) is 6.79 Å². The number of fused-ring (bicyclic) bond motifs is 1. The van der Waals surface area contributed by atoms with Crippen molar-refractivity contribution in [3.05, 3.63) is 39.8 Å². The van der Waals surface area contributed by atoms with Crippen molar-refractivity contribution in [3.63, 3.8) is 0 Å². The number of hydrogen-bond acceptors (Lipinski definition) is 5. The Bertz CT molecular complexity index is 651. The number of benzene rings is 1. The molecule has 2 aliphatic rings. The van der Waals surface area contributed by atoms with Crippen molar-refractivity contribution in [1.82, 2.24) is 10.3 Å². The maximum atomic E-state index is 5.57. The van der Waals surface area contributed by atoms with Gasteiger partial charge in [0.15, 0.2) is 11.5 Å². The van der Waals surface area contributed by atoms with Crippen LogP contribution in [0.15, 0.2) is 23.6 Å². The molecule has 0 saturated heterocycles. The second-order valence-corrected chi connectivity index (χ2v) is 6.56. The van der Waals surface area contributed by atoms with Crippen molar-refractivity contribution in [2.45, 2.75) is 32.4 Å². The van der Waals surface area contributed by atoms with Gasteiger partial charge in [0.25, 0.3) is 0 Å². The lowest BCUT2D eigenvalue weighted by atomic mass is 10.1. The van der Waals surface area contributed by atoms with E-state index in [1.165, 1.54) is 17.8 Å². The summed E-state index contributed by atoms with van der Waals surface area (Å²) in [6.45, 7) is 3.16. The molecule has 4 nitrogen and oxygen atoms in total. The SMILES string of the molecule is Cc1csc([C@H](NCc2cccc3c2OCO3)C2CC2)n1. The molecule has 0 unspecified atom stereocenters. The van der Waals surface area contributed by atoms with Crippen molar-refractivity contribution in [2.24, 2.45) is 5.92 Å². The summed E-state index contributed by atoms with van der Waals surface area (Å²) in [6.07, 6.45) is 2.59. The molecule has 0 bridgehead atoms. The van der Waals surface area contributed by atoms with Crippen LogP contribution >= 0.6 is 11.3 Å². The Kier molecular flexibility index (Phi) is 3.31. The summed E-state index contributed by atoms with van der Waals surface area (Å²) in [7, 11) is 0. The van der Waals surface area contributed by atoms with Gasteiger partial charge in [-0.15, -0.1) is 11.3 Å². The molecule has 1 atom stereocenters. The van der Waals surface area contributed by atoms with Crippen molar-refractivity contribution in [1.29, 1.82) is 0 Å². The molecule has 21 heavy (non-hydrogen) atoms. The fraction of sp³-hybridized carbons (Fsp3) is 0.438. The highest BCUT2D eigenvalue weighted by atomic mass is 32.1. The highest BCUT2D eigenvalue weighted by Gasteiger charge is 2.34. The summed E-state index contributed by atoms with van der Waals surface area (Å²) in [4.78, 5) is 4.66. The minimum absolute atomic E-state index is 0.323. The average molecular weight is 302 g/mol. The Morgan fingerprint density at radius 2 is 2.29 bits per heavy atom. The summed E-state index contributed by atoms with van der Waals surface area (Å²) in [5.41, 5.74) is 2.27. The van der Waals surface area contributed by atoms with E-state index in [4.69, 9.17) is 9.47 Å². The fourth-order valence-electron chi connectivity index (χ4n) is 2.75. The zero-order valence-corrected chi connectivity index (χ0v) is 12.8. The maximum Gasteiger partial charge on any atom is 0.231 e. The van der Waals surface area contributed by atoms with Gasteiger partial charge in [-0.3, -0.25) is 0 Å². The zero-order valence-electron chi connectivity index (χ0n) is 12.0. The van der Waals surface area contributed by atoms with Gasteiger partial charge >= 0.3 is 0 Å². The second kappa shape index (κ2) is 5.31. The number of aryl methyl sites for hydroxylation is 1. The lowest BCUT2D eigenvalue weighted by Crippen LogP contribution is -2.22. The predicted molar refractivity (Wildman–Crippen MR) is 81.7 cm³/mol. The van der Waals surface area contributed by atoms with E-state index in [2.05, 4.69) is 28.7 Å². The first-order chi connectivity index (χ1) is 10.3. The molecule has 0 radical (unpaired) electrons. The van der Waals surface area contributed by atoms with E-state index in [9.17, 15) is 0 Å². The molecule has 2 heterocycles. The molecule has 5 heteroatoms. The molecular weight excluding hydrogens is 284 g/mol. The van der Waals surface area contributed by atoms with Crippen molar-refractivity contribution in [3.8, 4) is 11.5 Å². The molecule has 2 aromatic rings. The van der Waals surface area contributed by atoms with E-state index in [-0.39, 0.29) is 0 Å². The van der Waals surface area contributed by atoms with E-state index in [0.717, 1.165) is 35.2 Å². The normalized spacial score (nSPS) is 18.0. The number of ether oxygens (including phenoxy) is 2. The third-order valence-corrected chi connectivity index (χ3v) is 5.03. The molecule has 1 saturated carbocycles. The van der Waals surface area contributed by atoms with Gasteiger partial charge in [0, 0.05) is 23.2 Å². The van der Waals surface area contributed by atoms with Gasteiger partial charge in [-0.2, -0.15) is 0 Å². The molecule has 1 fully saturated rings. The van der Waals surface area contributed by atoms with Gasteiger partial charge in [0.05, 0.1) is 6.04 Å². The third-order valence-electron chi connectivity index (χ3n) is 3.99. The van der Waals surface area contributed by atoms with E-state index >= 15 is 0 Å². The number of nitrogens with one attached hydrogen (secondary N) is 1. The summed E-state index contributed by atoms with van der Waals surface area (Å²) >= 11 is 1.76. The maximum absolute atomic E-state index is 5.57. The Hall–Kier alpha value is -1.59. The first kappa shape index (κ1) is 13.1. The van der Waals surface area contributed by atoms with E-state index < -0.39 is 0 Å². The Morgan fingerprint density at radius 3 is 3.05 bits per heavy atom. The summed E-state index contributed by atoms with van der Waals surface area (Å²) < 4.78 is 11.0. The Morgan fingerprint density at radius 1 is 1.38 bits per heavy atom. The zero-order chi connectivity index (χ0) is 14.2. The summed E-state index contributed by atoms with van der Waals surface area (Å²) in [5, 5.41) is 7.01. The van der Waals surface area contributed by atoms with Crippen molar-refractivity contribution < 1.29 is 9.47 Å². The van der Waals surface area contributed by atoms with Crippen LogP contribution in [-0.2, 0) is 6.54 Å². The van der Waals surface area contributed by atoms with Crippen LogP contribution in [0, 0.1) is 12.8 Å². The molecule has 1 aliphatic heterocycles. The first-order valence-electron chi connectivity index (χ1n) is 7.34. The molecule has 1 N–H and O–H groups in total. The van der Waals surface area contributed by atoms with Crippen LogP contribution in [0.25, 0.3) is 0 Å². The van der Waals surface area contributed by atoms with Gasteiger partial charge in [0.1, 0.15) is 5.01 Å². The van der Waals surface area contributed by atoms with Crippen molar-refractivity contribution >= 4 is 11.3 Å². The third kappa shape index (κ3) is 2.63. The molecule has 1 aliphatic carbocycles. The number of nitrogens with zero attached hydrogens (tertiary/aromatic N) is 1. The van der Waals surface area contributed by atoms with E-state index in [0.29, 0.717) is 12.8 Å². The smallest absolute Gasteiger partial charge is 0.231 e. The van der Waals surface area contributed by atoms with Crippen LogP contribution in [0.1, 0.15) is 35.1 Å². The topological polar surface area (TPSA) is 43.4 Å². The minimum Gasteiger partial charge on any atom is -0.454 e. The number of rotatable bonds is 5. The molecule has 4 rings (SSSR count). The van der Waals surface area contributed by atoms with Crippen LogP contribution in [0.5, 0.6) is 11.5 Å². The highest BCUT2D eigenvalue weighted by Crippen LogP contribution is 2.42. The summed E-state index contributed by atoms with van der Waals surface area (Å²) in [6, 6.07) is 6.43. The second-order valence-electron chi connectivity index (χ2n) is 5.67. The largest absolute Gasteiger partial charge is 0.454 e. The molecule has 1 aromatic carbocycles. The quantitative estimate of drug-likeness (QED) is 0.919. The molecule has 1 aromatic heterocycles. The molecule has 0 spiro atoms. The van der Waals surface area contributed by atoms with Crippen LogP contribution in [0.2, 0.25) is 0 Å². The number of aromatic nitrogens is 1. The molecular formula is C16H18N2O2S. The Balaban J connectivity index is 1.51. The van der Waals surface area contributed by atoms with E-state index in [1.54, 1.807) is 11.3 Å². The van der Waals surface area contributed by atoms with Crippen LogP contribution < -0.4 is 14.8 Å².